The van der Waals surface area contributed by atoms with Crippen molar-refractivity contribution in [3.8, 4) is 0 Å². The highest BCUT2D eigenvalue weighted by molar-refractivity contribution is 5.94. The monoisotopic (exact) mass is 423 g/mol. The topological polar surface area (TPSA) is 53.5 Å². The zero-order valence-electron chi connectivity index (χ0n) is 18.3. The van der Waals surface area contributed by atoms with E-state index in [1.807, 2.05) is 35.8 Å². The second-order valence-corrected chi connectivity index (χ2v) is 9.19. The predicted octanol–water partition coefficient (Wildman–Crippen LogP) is 4.14. The van der Waals surface area contributed by atoms with Crippen molar-refractivity contribution in [1.29, 1.82) is 0 Å². The van der Waals surface area contributed by atoms with Gasteiger partial charge in [-0.15, -0.1) is 0 Å². The molecule has 0 spiro atoms. The first-order chi connectivity index (χ1) is 14.9. The van der Waals surface area contributed by atoms with Gasteiger partial charge in [0.1, 0.15) is 5.82 Å². The molecule has 2 amide bonds. The van der Waals surface area contributed by atoms with Gasteiger partial charge in [-0.2, -0.15) is 0 Å². The fourth-order valence-electron chi connectivity index (χ4n) is 4.66. The van der Waals surface area contributed by atoms with E-state index >= 15 is 0 Å². The number of hydrogen-bond acceptors (Lipinski definition) is 3. The van der Waals surface area contributed by atoms with Crippen LogP contribution in [0.2, 0.25) is 0 Å². The van der Waals surface area contributed by atoms with Crippen molar-refractivity contribution in [1.82, 2.24) is 14.8 Å². The van der Waals surface area contributed by atoms with Gasteiger partial charge < -0.3 is 9.80 Å². The maximum absolute atomic E-state index is 13.3. The molecule has 0 N–H and O–H groups in total. The zero-order valence-corrected chi connectivity index (χ0v) is 18.3. The summed E-state index contributed by atoms with van der Waals surface area (Å²) in [5, 5.41) is 0. The molecule has 2 aliphatic rings. The number of amides is 2. The number of nitrogens with zero attached hydrogens (tertiary/aromatic N) is 3. The Morgan fingerprint density at radius 1 is 0.968 bits per heavy atom. The number of hydrogen-bond donors (Lipinski definition) is 0. The summed E-state index contributed by atoms with van der Waals surface area (Å²) in [6.45, 7) is 6.75. The first-order valence-corrected chi connectivity index (χ1v) is 11.2. The first-order valence-electron chi connectivity index (χ1n) is 11.2. The molecule has 2 aromatic rings. The van der Waals surface area contributed by atoms with Crippen LogP contribution in [0.5, 0.6) is 0 Å². The summed E-state index contributed by atoms with van der Waals surface area (Å²) in [5.74, 6) is -0.0527. The fourth-order valence-corrected chi connectivity index (χ4v) is 4.66. The average Bonchev–Trinajstić information content (AvgIpc) is 3.33. The fraction of sp³-hybridized carbons (Fsp3) is 0.480. The summed E-state index contributed by atoms with van der Waals surface area (Å²) < 4.78 is 13.3. The normalized spacial score (nSPS) is 19.5. The van der Waals surface area contributed by atoms with Crippen LogP contribution in [0.3, 0.4) is 0 Å². The van der Waals surface area contributed by atoms with E-state index < -0.39 is 5.41 Å². The number of rotatable bonds is 4. The molecule has 4 rings (SSSR count). The van der Waals surface area contributed by atoms with E-state index in [-0.39, 0.29) is 23.5 Å². The number of benzene rings is 1. The molecule has 0 saturated carbocycles. The van der Waals surface area contributed by atoms with Gasteiger partial charge in [-0.05, 0) is 69.4 Å². The van der Waals surface area contributed by atoms with Crippen molar-refractivity contribution in [2.24, 2.45) is 0 Å². The van der Waals surface area contributed by atoms with E-state index in [4.69, 9.17) is 0 Å². The summed E-state index contributed by atoms with van der Waals surface area (Å²) in [7, 11) is 0. The van der Waals surface area contributed by atoms with Crippen molar-refractivity contribution in [2.45, 2.75) is 50.9 Å². The molecule has 0 bridgehead atoms. The largest absolute Gasteiger partial charge is 0.341 e. The second-order valence-electron chi connectivity index (χ2n) is 9.19. The Hall–Kier alpha value is -2.76. The minimum absolute atomic E-state index is 0.0460. The van der Waals surface area contributed by atoms with Crippen molar-refractivity contribution < 1.29 is 14.0 Å². The molecule has 2 fully saturated rings. The highest BCUT2D eigenvalue weighted by Crippen LogP contribution is 2.31. The van der Waals surface area contributed by atoms with Crippen LogP contribution in [0.1, 0.15) is 67.1 Å². The standard InChI is InChI=1S/C25H30FN3O2/c1-25(2,20-8-10-21(26)11-9-20)24(31)29-15-5-6-19(17-29)22-12-7-18(16-27-22)23(30)28-13-3-4-14-28/h7-12,16,19H,3-6,13-15,17H2,1-2H3. The van der Waals surface area contributed by atoms with Crippen LogP contribution in [0.4, 0.5) is 4.39 Å². The highest BCUT2D eigenvalue weighted by Gasteiger charge is 2.36. The van der Waals surface area contributed by atoms with Crippen molar-refractivity contribution >= 4 is 11.8 Å². The number of piperidine rings is 1. The maximum Gasteiger partial charge on any atom is 0.255 e. The molecule has 2 saturated heterocycles. The molecule has 1 aromatic heterocycles. The van der Waals surface area contributed by atoms with Gasteiger partial charge in [0.05, 0.1) is 11.0 Å². The summed E-state index contributed by atoms with van der Waals surface area (Å²) in [5.41, 5.74) is 1.64. The number of likely N-dealkylation sites (tertiary alicyclic amines) is 2. The van der Waals surface area contributed by atoms with Gasteiger partial charge in [0.15, 0.2) is 0 Å². The lowest BCUT2D eigenvalue weighted by atomic mass is 9.82. The molecule has 3 heterocycles. The number of carbonyl (C=O) groups excluding carboxylic acids is 2. The lowest BCUT2D eigenvalue weighted by Crippen LogP contribution is -2.47. The average molecular weight is 424 g/mol. The van der Waals surface area contributed by atoms with Crippen LogP contribution in [0.15, 0.2) is 42.6 Å². The molecule has 1 atom stereocenters. The Morgan fingerprint density at radius 3 is 2.29 bits per heavy atom. The highest BCUT2D eigenvalue weighted by atomic mass is 19.1. The van der Waals surface area contributed by atoms with E-state index in [9.17, 15) is 14.0 Å². The van der Waals surface area contributed by atoms with Gasteiger partial charge in [-0.25, -0.2) is 4.39 Å². The second kappa shape index (κ2) is 8.77. The Bertz CT molecular complexity index is 934. The van der Waals surface area contributed by atoms with Crippen molar-refractivity contribution in [2.75, 3.05) is 26.2 Å². The molecule has 5 nitrogen and oxygen atoms in total. The van der Waals surface area contributed by atoms with E-state index in [0.717, 1.165) is 50.0 Å². The number of aromatic nitrogens is 1. The van der Waals surface area contributed by atoms with E-state index in [2.05, 4.69) is 4.98 Å². The maximum atomic E-state index is 13.3. The zero-order chi connectivity index (χ0) is 22.0. The third-order valence-electron chi connectivity index (χ3n) is 6.65. The van der Waals surface area contributed by atoms with Gasteiger partial charge in [-0.1, -0.05) is 12.1 Å². The third-order valence-corrected chi connectivity index (χ3v) is 6.65. The number of carbonyl (C=O) groups is 2. The van der Waals surface area contributed by atoms with Crippen LogP contribution in [0, 0.1) is 5.82 Å². The molecule has 0 radical (unpaired) electrons. The molecule has 164 valence electrons. The summed E-state index contributed by atoms with van der Waals surface area (Å²) in [6, 6.07) is 9.98. The van der Waals surface area contributed by atoms with Crippen LogP contribution in [-0.4, -0.2) is 52.8 Å². The van der Waals surface area contributed by atoms with Gasteiger partial charge >= 0.3 is 0 Å². The molecule has 1 unspecified atom stereocenters. The SMILES string of the molecule is CC(C)(C(=O)N1CCCC(c2ccc(C(=O)N3CCCC3)cn2)C1)c1ccc(F)cc1. The molecule has 6 heteroatoms. The minimum Gasteiger partial charge on any atom is -0.341 e. The molecule has 31 heavy (non-hydrogen) atoms. The Morgan fingerprint density at radius 2 is 1.65 bits per heavy atom. The van der Waals surface area contributed by atoms with E-state index in [1.54, 1.807) is 18.3 Å². The van der Waals surface area contributed by atoms with E-state index in [1.165, 1.54) is 12.1 Å². The summed E-state index contributed by atoms with van der Waals surface area (Å²) in [4.78, 5) is 34.3. The molecular weight excluding hydrogens is 393 g/mol. The van der Waals surface area contributed by atoms with Crippen LogP contribution in [-0.2, 0) is 10.2 Å². The molecule has 1 aromatic carbocycles. The lowest BCUT2D eigenvalue weighted by molar-refractivity contribution is -0.137. The Balaban J connectivity index is 1.45. The molecular formula is C25H30FN3O2. The quantitative estimate of drug-likeness (QED) is 0.743. The minimum atomic E-state index is -0.727. The van der Waals surface area contributed by atoms with Crippen LogP contribution >= 0.6 is 0 Å². The summed E-state index contributed by atoms with van der Waals surface area (Å²) >= 11 is 0. The first kappa shape index (κ1) is 21.5. The number of halogens is 1. The van der Waals surface area contributed by atoms with Crippen LogP contribution in [0.25, 0.3) is 0 Å². The smallest absolute Gasteiger partial charge is 0.255 e. The van der Waals surface area contributed by atoms with Crippen molar-refractivity contribution in [3.05, 3.63) is 65.2 Å². The summed E-state index contributed by atoms with van der Waals surface area (Å²) in [6.07, 6.45) is 5.69. The third kappa shape index (κ3) is 4.48. The molecule has 0 aliphatic carbocycles. The van der Waals surface area contributed by atoms with E-state index in [0.29, 0.717) is 18.7 Å². The Labute approximate surface area is 183 Å². The van der Waals surface area contributed by atoms with Crippen molar-refractivity contribution in [3.63, 3.8) is 0 Å². The predicted molar refractivity (Wildman–Crippen MR) is 117 cm³/mol. The van der Waals surface area contributed by atoms with Gasteiger partial charge in [0.25, 0.3) is 5.91 Å². The Kier molecular flexibility index (Phi) is 6.08. The van der Waals surface area contributed by atoms with Gasteiger partial charge in [0.2, 0.25) is 5.91 Å². The number of pyridine rings is 1. The van der Waals surface area contributed by atoms with Gasteiger partial charge in [-0.3, -0.25) is 14.6 Å². The lowest BCUT2D eigenvalue weighted by Gasteiger charge is -2.37. The van der Waals surface area contributed by atoms with Crippen LogP contribution < -0.4 is 0 Å². The van der Waals surface area contributed by atoms with Gasteiger partial charge in [0, 0.05) is 44.0 Å². The molecule has 2 aliphatic heterocycles.